The lowest BCUT2D eigenvalue weighted by Crippen LogP contribution is -2.20. The molecule has 1 aliphatic rings. The molecule has 0 saturated heterocycles. The van der Waals surface area contributed by atoms with Crippen LogP contribution in [0.4, 0.5) is 5.69 Å². The second kappa shape index (κ2) is 5.44. The number of carbonyl (C=O) groups excluding carboxylic acids is 1. The number of hydrogen-bond donors (Lipinski definition) is 0. The zero-order valence-electron chi connectivity index (χ0n) is 12.2. The maximum Gasteiger partial charge on any atom is 0.258 e. The Bertz CT molecular complexity index is 719. The van der Waals surface area contributed by atoms with Gasteiger partial charge in [0.2, 0.25) is 0 Å². The van der Waals surface area contributed by atoms with Crippen LogP contribution in [0.25, 0.3) is 11.6 Å². The van der Waals surface area contributed by atoms with E-state index in [1.54, 1.807) is 11.9 Å². The van der Waals surface area contributed by atoms with Crippen LogP contribution in [0.2, 0.25) is 0 Å². The van der Waals surface area contributed by atoms with Crippen LogP contribution in [0.3, 0.4) is 0 Å². The van der Waals surface area contributed by atoms with Gasteiger partial charge in [0.05, 0.1) is 12.3 Å². The Morgan fingerprint density at radius 3 is 2.62 bits per heavy atom. The maximum absolute atomic E-state index is 12.5. The van der Waals surface area contributed by atoms with E-state index in [1.807, 2.05) is 61.5 Å². The molecule has 0 atom stereocenters. The number of nitrogens with zero attached hydrogens (tertiary/aromatic N) is 1. The molecule has 0 saturated carbocycles. The molecule has 0 bridgehead atoms. The van der Waals surface area contributed by atoms with E-state index in [-0.39, 0.29) is 5.91 Å². The number of fused-ring (bicyclic) bond motifs is 1. The van der Waals surface area contributed by atoms with Crippen LogP contribution in [0.15, 0.2) is 48.5 Å². The Labute approximate surface area is 124 Å². The number of benzene rings is 2. The highest BCUT2D eigenvalue weighted by Gasteiger charge is 2.29. The summed E-state index contributed by atoms with van der Waals surface area (Å²) in [5, 5.41) is 0. The monoisotopic (exact) mass is 279 g/mol. The van der Waals surface area contributed by atoms with E-state index in [2.05, 4.69) is 0 Å². The predicted molar refractivity (Wildman–Crippen MR) is 85.3 cm³/mol. The van der Waals surface area contributed by atoms with Gasteiger partial charge in [-0.1, -0.05) is 36.4 Å². The van der Waals surface area contributed by atoms with Crippen molar-refractivity contribution < 1.29 is 9.53 Å². The van der Waals surface area contributed by atoms with E-state index < -0.39 is 0 Å². The smallest absolute Gasteiger partial charge is 0.258 e. The first-order chi connectivity index (χ1) is 10.2. The first kappa shape index (κ1) is 13.4. The normalized spacial score (nSPS) is 15.4. The molecule has 0 aliphatic carbocycles. The van der Waals surface area contributed by atoms with Crippen LogP contribution >= 0.6 is 0 Å². The fourth-order valence-electron chi connectivity index (χ4n) is 2.58. The molecule has 1 aliphatic heterocycles. The number of amides is 1. The van der Waals surface area contributed by atoms with Crippen molar-refractivity contribution >= 4 is 23.2 Å². The molecule has 2 aromatic rings. The molecule has 106 valence electrons. The van der Waals surface area contributed by atoms with Crippen LogP contribution in [0.1, 0.15) is 18.1 Å². The van der Waals surface area contributed by atoms with Gasteiger partial charge in [-0.3, -0.25) is 4.79 Å². The van der Waals surface area contributed by atoms with Gasteiger partial charge >= 0.3 is 0 Å². The van der Waals surface area contributed by atoms with Gasteiger partial charge in [0.15, 0.2) is 0 Å². The molecule has 2 aromatic carbocycles. The molecule has 1 heterocycles. The Hall–Kier alpha value is -2.55. The van der Waals surface area contributed by atoms with Crippen molar-refractivity contribution in [1.29, 1.82) is 0 Å². The number of hydrogen-bond acceptors (Lipinski definition) is 2. The molecule has 21 heavy (non-hydrogen) atoms. The van der Waals surface area contributed by atoms with Crippen LogP contribution < -0.4 is 9.64 Å². The van der Waals surface area contributed by atoms with Gasteiger partial charge in [-0.25, -0.2) is 0 Å². The average Bonchev–Trinajstić information content (AvgIpc) is 2.75. The van der Waals surface area contributed by atoms with E-state index in [4.69, 9.17) is 4.74 Å². The molecular weight excluding hydrogens is 262 g/mol. The number of likely N-dealkylation sites (N-methyl/N-ethyl adjacent to an activating group) is 1. The second-order valence-corrected chi connectivity index (χ2v) is 4.91. The van der Waals surface area contributed by atoms with Crippen molar-refractivity contribution in [2.24, 2.45) is 0 Å². The number of ether oxygens (including phenoxy) is 1. The van der Waals surface area contributed by atoms with Crippen molar-refractivity contribution in [3.63, 3.8) is 0 Å². The van der Waals surface area contributed by atoms with E-state index in [0.29, 0.717) is 12.2 Å². The van der Waals surface area contributed by atoms with Gasteiger partial charge in [-0.2, -0.15) is 0 Å². The summed E-state index contributed by atoms with van der Waals surface area (Å²) in [6.45, 7) is 2.55. The number of carbonyl (C=O) groups is 1. The van der Waals surface area contributed by atoms with Gasteiger partial charge in [0.1, 0.15) is 5.75 Å². The molecule has 0 N–H and O–H groups in total. The summed E-state index contributed by atoms with van der Waals surface area (Å²) in [5.41, 5.74) is 3.55. The third kappa shape index (κ3) is 2.31. The van der Waals surface area contributed by atoms with Gasteiger partial charge in [-0.05, 0) is 25.1 Å². The van der Waals surface area contributed by atoms with Crippen molar-refractivity contribution in [1.82, 2.24) is 0 Å². The molecule has 0 spiro atoms. The van der Waals surface area contributed by atoms with Crippen molar-refractivity contribution in [2.45, 2.75) is 6.92 Å². The Morgan fingerprint density at radius 1 is 1.10 bits per heavy atom. The topological polar surface area (TPSA) is 29.5 Å². The van der Waals surface area contributed by atoms with Crippen LogP contribution in [-0.2, 0) is 4.79 Å². The predicted octanol–water partition coefficient (Wildman–Crippen LogP) is 3.60. The summed E-state index contributed by atoms with van der Waals surface area (Å²) in [6.07, 6.45) is 1.91. The minimum Gasteiger partial charge on any atom is -0.493 e. The molecule has 3 heteroatoms. The first-order valence-corrected chi connectivity index (χ1v) is 7.03. The summed E-state index contributed by atoms with van der Waals surface area (Å²) in [6, 6.07) is 15.6. The molecule has 1 amide bonds. The summed E-state index contributed by atoms with van der Waals surface area (Å²) in [4.78, 5) is 14.1. The van der Waals surface area contributed by atoms with E-state index >= 15 is 0 Å². The van der Waals surface area contributed by atoms with E-state index in [1.165, 1.54) is 0 Å². The highest BCUT2D eigenvalue weighted by molar-refractivity contribution is 6.35. The van der Waals surface area contributed by atoms with E-state index in [0.717, 1.165) is 22.6 Å². The van der Waals surface area contributed by atoms with Crippen molar-refractivity contribution in [3.05, 3.63) is 59.7 Å². The Morgan fingerprint density at radius 2 is 1.81 bits per heavy atom. The molecule has 3 rings (SSSR count). The fourth-order valence-corrected chi connectivity index (χ4v) is 2.58. The Kier molecular flexibility index (Phi) is 3.48. The van der Waals surface area contributed by atoms with E-state index in [9.17, 15) is 4.79 Å². The minimum absolute atomic E-state index is 0.0162. The SMILES string of the molecule is CCOc1ccccc1/C=C1\C(=O)N(C)c2ccccc21. The van der Waals surface area contributed by atoms with Crippen molar-refractivity contribution in [3.8, 4) is 5.75 Å². The first-order valence-electron chi connectivity index (χ1n) is 7.03. The molecular formula is C18H17NO2. The van der Waals surface area contributed by atoms with Gasteiger partial charge in [0, 0.05) is 23.7 Å². The zero-order valence-corrected chi connectivity index (χ0v) is 12.2. The molecule has 0 fully saturated rings. The molecule has 0 aromatic heterocycles. The van der Waals surface area contributed by atoms with Gasteiger partial charge in [-0.15, -0.1) is 0 Å². The minimum atomic E-state index is 0.0162. The Balaban J connectivity index is 2.10. The lowest BCUT2D eigenvalue weighted by molar-refractivity contribution is -0.112. The zero-order chi connectivity index (χ0) is 14.8. The van der Waals surface area contributed by atoms with Crippen LogP contribution in [-0.4, -0.2) is 19.6 Å². The summed E-state index contributed by atoms with van der Waals surface area (Å²) in [5.74, 6) is 0.815. The number of para-hydroxylation sites is 2. The number of rotatable bonds is 3. The average molecular weight is 279 g/mol. The third-order valence-electron chi connectivity index (χ3n) is 3.61. The molecule has 0 radical (unpaired) electrons. The molecule has 3 nitrogen and oxygen atoms in total. The quantitative estimate of drug-likeness (QED) is 0.803. The molecule has 0 unspecified atom stereocenters. The van der Waals surface area contributed by atoms with Crippen molar-refractivity contribution in [2.75, 3.05) is 18.6 Å². The van der Waals surface area contributed by atoms with Gasteiger partial charge < -0.3 is 9.64 Å². The lowest BCUT2D eigenvalue weighted by Gasteiger charge is -2.08. The summed E-state index contributed by atoms with van der Waals surface area (Å²) in [7, 11) is 1.80. The summed E-state index contributed by atoms with van der Waals surface area (Å²) < 4.78 is 5.63. The summed E-state index contributed by atoms with van der Waals surface area (Å²) >= 11 is 0. The lowest BCUT2D eigenvalue weighted by atomic mass is 10.0. The van der Waals surface area contributed by atoms with Crippen LogP contribution in [0.5, 0.6) is 5.75 Å². The van der Waals surface area contributed by atoms with Gasteiger partial charge in [0.25, 0.3) is 5.91 Å². The largest absolute Gasteiger partial charge is 0.493 e. The standard InChI is InChI=1S/C18H17NO2/c1-3-21-17-11-7-4-8-13(17)12-15-14-9-5-6-10-16(14)19(2)18(15)20/h4-12H,3H2,1-2H3/b15-12-. The fraction of sp³-hybridized carbons (Fsp3) is 0.167. The number of anilines is 1. The third-order valence-corrected chi connectivity index (χ3v) is 3.61. The highest BCUT2D eigenvalue weighted by Crippen LogP contribution is 2.37. The maximum atomic E-state index is 12.5. The van der Waals surface area contributed by atoms with Crippen LogP contribution in [0, 0.1) is 0 Å². The highest BCUT2D eigenvalue weighted by atomic mass is 16.5. The second-order valence-electron chi connectivity index (χ2n) is 4.91.